The van der Waals surface area contributed by atoms with E-state index in [9.17, 15) is 5.11 Å². The van der Waals surface area contributed by atoms with Gasteiger partial charge in [-0.05, 0) is 68.4 Å². The molecule has 0 aliphatic carbocycles. The van der Waals surface area contributed by atoms with E-state index in [1.807, 2.05) is 12.1 Å². The minimum Gasteiger partial charge on any atom is -0.392 e. The first-order valence-electron chi connectivity index (χ1n) is 8.80. The zero-order valence-electron chi connectivity index (χ0n) is 15.3. The van der Waals surface area contributed by atoms with Gasteiger partial charge in [0.1, 0.15) is 0 Å². The van der Waals surface area contributed by atoms with Crippen LogP contribution in [0.2, 0.25) is 5.02 Å². The normalized spacial score (nSPS) is 20.7. The van der Waals surface area contributed by atoms with Crippen molar-refractivity contribution in [2.45, 2.75) is 58.5 Å². The summed E-state index contributed by atoms with van der Waals surface area (Å²) in [6.07, 6.45) is 2.66. The lowest BCUT2D eigenvalue weighted by molar-refractivity contribution is -0.0500. The summed E-state index contributed by atoms with van der Waals surface area (Å²) in [6.45, 7) is 11.0. The fourth-order valence-electron chi connectivity index (χ4n) is 4.43. The van der Waals surface area contributed by atoms with Gasteiger partial charge in [-0.3, -0.25) is 0 Å². The number of benzene rings is 1. The third-order valence-corrected chi connectivity index (χ3v) is 5.75. The molecule has 0 saturated carbocycles. The lowest BCUT2D eigenvalue weighted by Crippen LogP contribution is -2.53. The van der Waals surface area contributed by atoms with Crippen LogP contribution in [-0.4, -0.2) is 36.2 Å². The molecule has 1 atom stereocenters. The monoisotopic (exact) mass is 337 g/mol. The third kappa shape index (κ3) is 4.10. The molecule has 1 saturated heterocycles. The fraction of sp³-hybridized carbons (Fsp3) is 0.700. The van der Waals surface area contributed by atoms with Crippen LogP contribution in [0.4, 0.5) is 0 Å². The summed E-state index contributed by atoms with van der Waals surface area (Å²) < 4.78 is 0. The van der Waals surface area contributed by atoms with E-state index in [4.69, 9.17) is 11.6 Å². The van der Waals surface area contributed by atoms with E-state index < -0.39 is 0 Å². The number of nitrogens with zero attached hydrogens (tertiary/aromatic N) is 1. The van der Waals surface area contributed by atoms with Crippen LogP contribution in [0.15, 0.2) is 24.3 Å². The Labute approximate surface area is 146 Å². The Hall–Kier alpha value is -0.570. The second-order valence-corrected chi connectivity index (χ2v) is 8.89. The molecule has 1 aliphatic rings. The third-order valence-electron chi connectivity index (χ3n) is 5.50. The Morgan fingerprint density at radius 1 is 1.17 bits per heavy atom. The minimum absolute atomic E-state index is 0.107. The Morgan fingerprint density at radius 2 is 1.70 bits per heavy atom. The second kappa shape index (κ2) is 7.13. The molecule has 2 nitrogen and oxygen atoms in total. The van der Waals surface area contributed by atoms with Gasteiger partial charge in [-0.2, -0.15) is 0 Å². The van der Waals surface area contributed by atoms with Crippen LogP contribution in [-0.2, 0) is 5.41 Å². The van der Waals surface area contributed by atoms with Gasteiger partial charge in [-0.15, -0.1) is 0 Å². The largest absolute Gasteiger partial charge is 0.392 e. The molecule has 1 fully saturated rings. The van der Waals surface area contributed by atoms with Crippen molar-refractivity contribution in [2.75, 3.05) is 20.1 Å². The molecule has 1 unspecified atom stereocenters. The molecule has 0 radical (unpaired) electrons. The average molecular weight is 338 g/mol. The molecule has 0 amide bonds. The van der Waals surface area contributed by atoms with Crippen LogP contribution in [0.1, 0.15) is 52.5 Å². The highest BCUT2D eigenvalue weighted by atomic mass is 35.5. The molecule has 0 spiro atoms. The van der Waals surface area contributed by atoms with Crippen LogP contribution in [0.25, 0.3) is 0 Å². The zero-order chi connectivity index (χ0) is 17.3. The van der Waals surface area contributed by atoms with Crippen molar-refractivity contribution in [3.8, 4) is 0 Å². The van der Waals surface area contributed by atoms with Crippen molar-refractivity contribution in [1.29, 1.82) is 0 Å². The van der Waals surface area contributed by atoms with Crippen molar-refractivity contribution in [1.82, 2.24) is 4.90 Å². The van der Waals surface area contributed by atoms with E-state index in [1.54, 1.807) is 0 Å². The zero-order valence-corrected chi connectivity index (χ0v) is 16.0. The van der Waals surface area contributed by atoms with E-state index in [-0.39, 0.29) is 16.9 Å². The number of halogens is 1. The summed E-state index contributed by atoms with van der Waals surface area (Å²) in [7, 11) is 2.16. The van der Waals surface area contributed by atoms with E-state index in [2.05, 4.69) is 51.8 Å². The predicted molar refractivity (Wildman–Crippen MR) is 99.1 cm³/mol. The molecular formula is C20H32ClNO. The lowest BCUT2D eigenvalue weighted by Gasteiger charge is -2.50. The lowest BCUT2D eigenvalue weighted by atomic mass is 9.60. The molecule has 130 valence electrons. The van der Waals surface area contributed by atoms with Crippen LogP contribution < -0.4 is 0 Å². The summed E-state index contributed by atoms with van der Waals surface area (Å²) in [4.78, 5) is 2.36. The van der Waals surface area contributed by atoms with E-state index in [0.717, 1.165) is 37.4 Å². The SMILES string of the molecule is CC(C)CC(C)(C)C(O)C1(c2ccc(Cl)cc2)CCN(C)CC1. The summed E-state index contributed by atoms with van der Waals surface area (Å²) in [5.74, 6) is 0.577. The van der Waals surface area contributed by atoms with Gasteiger partial charge in [-0.25, -0.2) is 0 Å². The van der Waals surface area contributed by atoms with Crippen molar-refractivity contribution in [3.05, 3.63) is 34.9 Å². The minimum atomic E-state index is -0.354. The van der Waals surface area contributed by atoms with Crippen molar-refractivity contribution in [2.24, 2.45) is 11.3 Å². The van der Waals surface area contributed by atoms with Gasteiger partial charge >= 0.3 is 0 Å². The molecular weight excluding hydrogens is 306 g/mol. The number of likely N-dealkylation sites (tertiary alicyclic amines) is 1. The molecule has 1 aliphatic heterocycles. The van der Waals surface area contributed by atoms with Crippen LogP contribution in [0.3, 0.4) is 0 Å². The fourth-order valence-corrected chi connectivity index (χ4v) is 4.56. The topological polar surface area (TPSA) is 23.5 Å². The number of rotatable bonds is 5. The van der Waals surface area contributed by atoms with Crippen LogP contribution in [0, 0.1) is 11.3 Å². The number of aliphatic hydroxyl groups is 1. The molecule has 3 heteroatoms. The number of hydrogen-bond acceptors (Lipinski definition) is 2. The van der Waals surface area contributed by atoms with Gasteiger partial charge < -0.3 is 10.0 Å². The van der Waals surface area contributed by atoms with Crippen LogP contribution >= 0.6 is 11.6 Å². The van der Waals surface area contributed by atoms with Gasteiger partial charge in [0.25, 0.3) is 0 Å². The van der Waals surface area contributed by atoms with E-state index in [0.29, 0.717) is 5.92 Å². The highest BCUT2D eigenvalue weighted by Crippen LogP contribution is 2.46. The molecule has 1 heterocycles. The standard InChI is InChI=1S/C20H32ClNO/c1-15(2)14-19(3,4)18(23)20(10-12-22(5)13-11-20)16-6-8-17(21)9-7-16/h6-9,15,18,23H,10-14H2,1-5H3. The molecule has 1 N–H and O–H groups in total. The molecule has 0 bridgehead atoms. The van der Waals surface area contributed by atoms with Crippen molar-refractivity contribution >= 4 is 11.6 Å². The van der Waals surface area contributed by atoms with E-state index >= 15 is 0 Å². The van der Waals surface area contributed by atoms with Gasteiger partial charge in [0.2, 0.25) is 0 Å². The first-order chi connectivity index (χ1) is 10.7. The quantitative estimate of drug-likeness (QED) is 0.839. The average Bonchev–Trinajstić information content (AvgIpc) is 2.47. The summed E-state index contributed by atoms with van der Waals surface area (Å²) >= 11 is 6.09. The van der Waals surface area contributed by atoms with Gasteiger partial charge in [0.05, 0.1) is 6.10 Å². The summed E-state index contributed by atoms with van der Waals surface area (Å²) in [6, 6.07) is 8.14. The molecule has 0 aromatic heterocycles. The summed E-state index contributed by atoms with van der Waals surface area (Å²) in [5.41, 5.74) is 0.957. The van der Waals surface area contributed by atoms with Crippen LogP contribution in [0.5, 0.6) is 0 Å². The first kappa shape index (κ1) is 18.8. The number of piperidine rings is 1. The molecule has 2 rings (SSSR count). The summed E-state index contributed by atoms with van der Waals surface area (Å²) in [5, 5.41) is 12.2. The van der Waals surface area contributed by atoms with Crippen molar-refractivity contribution in [3.63, 3.8) is 0 Å². The van der Waals surface area contributed by atoms with E-state index in [1.165, 1.54) is 5.56 Å². The molecule has 23 heavy (non-hydrogen) atoms. The van der Waals surface area contributed by atoms with Gasteiger partial charge in [0, 0.05) is 10.4 Å². The predicted octanol–water partition coefficient (Wildman–Crippen LogP) is 4.74. The van der Waals surface area contributed by atoms with Gasteiger partial charge in [0.15, 0.2) is 0 Å². The Bertz CT molecular complexity index is 501. The number of aliphatic hydroxyl groups excluding tert-OH is 1. The molecule has 1 aromatic carbocycles. The maximum atomic E-state index is 11.5. The highest BCUT2D eigenvalue weighted by Gasteiger charge is 2.48. The smallest absolute Gasteiger partial charge is 0.0688 e. The van der Waals surface area contributed by atoms with Crippen molar-refractivity contribution < 1.29 is 5.11 Å². The molecule has 1 aromatic rings. The second-order valence-electron chi connectivity index (χ2n) is 8.46. The first-order valence-corrected chi connectivity index (χ1v) is 9.18. The van der Waals surface area contributed by atoms with Gasteiger partial charge in [-0.1, -0.05) is 51.4 Å². The Balaban J connectivity index is 2.39. The number of hydrogen-bond donors (Lipinski definition) is 1. The Kier molecular flexibility index (Phi) is 5.81. The maximum absolute atomic E-state index is 11.5. The highest BCUT2D eigenvalue weighted by molar-refractivity contribution is 6.30. The Morgan fingerprint density at radius 3 is 2.17 bits per heavy atom. The maximum Gasteiger partial charge on any atom is 0.0688 e.